The SMILES string of the molecule is CCOC(=O)c1oc2ccccc2c1NC(=O)C1CCN(S(C)(=O)=O)CC1. The molecule has 1 amide bonds. The molecule has 0 saturated carbocycles. The summed E-state index contributed by atoms with van der Waals surface area (Å²) in [5, 5.41) is 3.41. The van der Waals surface area contributed by atoms with Gasteiger partial charge in [-0.25, -0.2) is 17.5 Å². The predicted molar refractivity (Wildman–Crippen MR) is 99.9 cm³/mol. The van der Waals surface area contributed by atoms with Gasteiger partial charge in [0.15, 0.2) is 0 Å². The summed E-state index contributed by atoms with van der Waals surface area (Å²) in [6, 6.07) is 7.02. The monoisotopic (exact) mass is 394 g/mol. The fourth-order valence-corrected chi connectivity index (χ4v) is 4.06. The van der Waals surface area contributed by atoms with Crippen molar-refractivity contribution >= 4 is 38.6 Å². The van der Waals surface area contributed by atoms with E-state index in [1.54, 1.807) is 31.2 Å². The highest BCUT2D eigenvalue weighted by Gasteiger charge is 2.31. The van der Waals surface area contributed by atoms with E-state index in [0.29, 0.717) is 42.6 Å². The lowest BCUT2D eigenvalue weighted by Gasteiger charge is -2.29. The molecule has 2 aromatic rings. The number of carbonyl (C=O) groups excluding carboxylic acids is 2. The second-order valence-electron chi connectivity index (χ2n) is 6.45. The number of nitrogens with zero attached hydrogens (tertiary/aromatic N) is 1. The summed E-state index contributed by atoms with van der Waals surface area (Å²) in [5.74, 6) is -1.29. The summed E-state index contributed by atoms with van der Waals surface area (Å²) in [4.78, 5) is 24.9. The molecule has 1 aromatic heterocycles. The third kappa shape index (κ3) is 4.14. The minimum Gasteiger partial charge on any atom is -0.460 e. The van der Waals surface area contributed by atoms with E-state index >= 15 is 0 Å². The van der Waals surface area contributed by atoms with Crippen molar-refractivity contribution in [2.75, 3.05) is 31.3 Å². The molecule has 2 heterocycles. The van der Waals surface area contributed by atoms with Crippen molar-refractivity contribution in [3.8, 4) is 0 Å². The second kappa shape index (κ2) is 7.69. The average molecular weight is 394 g/mol. The Labute approximate surface area is 157 Å². The summed E-state index contributed by atoms with van der Waals surface area (Å²) < 4.78 is 35.2. The van der Waals surface area contributed by atoms with Gasteiger partial charge in [-0.3, -0.25) is 4.79 Å². The quantitative estimate of drug-likeness (QED) is 0.780. The Hall–Kier alpha value is -2.39. The fraction of sp³-hybridized carbons (Fsp3) is 0.444. The van der Waals surface area contributed by atoms with Crippen LogP contribution in [-0.4, -0.2) is 50.6 Å². The molecule has 3 rings (SSSR count). The van der Waals surface area contributed by atoms with E-state index in [-0.39, 0.29) is 24.2 Å². The third-order valence-electron chi connectivity index (χ3n) is 4.60. The van der Waals surface area contributed by atoms with E-state index in [9.17, 15) is 18.0 Å². The molecular weight excluding hydrogens is 372 g/mol. The number of amides is 1. The first kappa shape index (κ1) is 19.4. The van der Waals surface area contributed by atoms with Crippen molar-refractivity contribution in [1.82, 2.24) is 4.31 Å². The van der Waals surface area contributed by atoms with Crippen LogP contribution >= 0.6 is 0 Å². The Morgan fingerprint density at radius 1 is 1.26 bits per heavy atom. The van der Waals surface area contributed by atoms with Crippen LogP contribution in [0.4, 0.5) is 5.69 Å². The number of fused-ring (bicyclic) bond motifs is 1. The standard InChI is InChI=1S/C18H22N2O6S/c1-3-25-18(22)16-15(13-6-4-5-7-14(13)26-16)19-17(21)12-8-10-20(11-9-12)27(2,23)24/h4-7,12H,3,8-11H2,1-2H3,(H,19,21). The Balaban J connectivity index is 1.81. The first-order valence-corrected chi connectivity index (χ1v) is 10.6. The van der Waals surface area contributed by atoms with Gasteiger partial charge < -0.3 is 14.5 Å². The highest BCUT2D eigenvalue weighted by Crippen LogP contribution is 2.32. The van der Waals surface area contributed by atoms with Crippen molar-refractivity contribution < 1.29 is 27.2 Å². The number of hydrogen-bond acceptors (Lipinski definition) is 6. The number of rotatable bonds is 5. The molecule has 9 heteroatoms. The molecule has 0 unspecified atom stereocenters. The number of esters is 1. The zero-order valence-corrected chi connectivity index (χ0v) is 16.0. The Kier molecular flexibility index (Phi) is 5.52. The minimum atomic E-state index is -3.25. The molecule has 1 fully saturated rings. The zero-order chi connectivity index (χ0) is 19.6. The summed E-state index contributed by atoms with van der Waals surface area (Å²) in [6.07, 6.45) is 2.00. The minimum absolute atomic E-state index is 0.0417. The maximum Gasteiger partial charge on any atom is 0.376 e. The Morgan fingerprint density at radius 2 is 1.93 bits per heavy atom. The number of ether oxygens (including phenoxy) is 1. The van der Waals surface area contributed by atoms with E-state index in [1.807, 2.05) is 0 Å². The molecule has 1 aromatic carbocycles. The van der Waals surface area contributed by atoms with Crippen LogP contribution in [0.25, 0.3) is 11.0 Å². The van der Waals surface area contributed by atoms with Crippen LogP contribution in [0, 0.1) is 5.92 Å². The maximum absolute atomic E-state index is 12.7. The number of hydrogen-bond donors (Lipinski definition) is 1. The number of nitrogens with one attached hydrogen (secondary N) is 1. The molecule has 1 aliphatic heterocycles. The topological polar surface area (TPSA) is 106 Å². The molecule has 0 radical (unpaired) electrons. The van der Waals surface area contributed by atoms with Gasteiger partial charge >= 0.3 is 5.97 Å². The number of piperidine rings is 1. The van der Waals surface area contributed by atoms with E-state index in [2.05, 4.69) is 5.32 Å². The van der Waals surface area contributed by atoms with Crippen LogP contribution in [-0.2, 0) is 19.6 Å². The number of benzene rings is 1. The highest BCUT2D eigenvalue weighted by atomic mass is 32.2. The number of para-hydroxylation sites is 1. The van der Waals surface area contributed by atoms with Gasteiger partial charge in [0.2, 0.25) is 21.7 Å². The largest absolute Gasteiger partial charge is 0.460 e. The van der Waals surface area contributed by atoms with Crippen molar-refractivity contribution in [2.45, 2.75) is 19.8 Å². The highest BCUT2D eigenvalue weighted by molar-refractivity contribution is 7.88. The van der Waals surface area contributed by atoms with Crippen LogP contribution < -0.4 is 5.32 Å². The van der Waals surface area contributed by atoms with Gasteiger partial charge in [-0.05, 0) is 31.9 Å². The summed E-state index contributed by atoms with van der Waals surface area (Å²) in [5.41, 5.74) is 0.766. The van der Waals surface area contributed by atoms with Gasteiger partial charge in [-0.1, -0.05) is 12.1 Å². The lowest BCUT2D eigenvalue weighted by atomic mass is 9.97. The Morgan fingerprint density at radius 3 is 2.56 bits per heavy atom. The van der Waals surface area contributed by atoms with E-state index in [0.717, 1.165) is 6.26 Å². The first-order valence-electron chi connectivity index (χ1n) is 8.76. The van der Waals surface area contributed by atoms with Gasteiger partial charge in [0.25, 0.3) is 0 Å². The van der Waals surface area contributed by atoms with Crippen LogP contribution in [0.5, 0.6) is 0 Å². The van der Waals surface area contributed by atoms with Gasteiger partial charge in [0.05, 0.1) is 12.9 Å². The molecule has 0 aliphatic carbocycles. The summed E-state index contributed by atoms with van der Waals surface area (Å²) >= 11 is 0. The smallest absolute Gasteiger partial charge is 0.376 e. The molecule has 27 heavy (non-hydrogen) atoms. The van der Waals surface area contributed by atoms with E-state index in [4.69, 9.17) is 9.15 Å². The maximum atomic E-state index is 12.7. The van der Waals surface area contributed by atoms with Gasteiger partial charge in [-0.15, -0.1) is 0 Å². The van der Waals surface area contributed by atoms with Gasteiger partial charge in [0.1, 0.15) is 11.3 Å². The fourth-order valence-electron chi connectivity index (χ4n) is 3.18. The van der Waals surface area contributed by atoms with Crippen molar-refractivity contribution in [3.05, 3.63) is 30.0 Å². The summed E-state index contributed by atoms with van der Waals surface area (Å²) in [7, 11) is -3.25. The van der Waals surface area contributed by atoms with E-state index in [1.165, 1.54) is 4.31 Å². The molecular formula is C18H22N2O6S. The average Bonchev–Trinajstić information content (AvgIpc) is 3.00. The van der Waals surface area contributed by atoms with Crippen LogP contribution in [0.3, 0.4) is 0 Å². The van der Waals surface area contributed by atoms with Gasteiger partial charge in [-0.2, -0.15) is 0 Å². The lowest BCUT2D eigenvalue weighted by Crippen LogP contribution is -2.41. The molecule has 1 aliphatic rings. The van der Waals surface area contributed by atoms with Crippen molar-refractivity contribution in [1.29, 1.82) is 0 Å². The zero-order valence-electron chi connectivity index (χ0n) is 15.2. The molecule has 1 N–H and O–H groups in total. The van der Waals surface area contributed by atoms with Crippen molar-refractivity contribution in [3.63, 3.8) is 0 Å². The molecule has 1 saturated heterocycles. The van der Waals surface area contributed by atoms with Crippen LogP contribution in [0.1, 0.15) is 30.3 Å². The molecule has 0 bridgehead atoms. The molecule has 146 valence electrons. The van der Waals surface area contributed by atoms with Crippen molar-refractivity contribution in [2.24, 2.45) is 5.92 Å². The number of sulfonamides is 1. The number of anilines is 1. The second-order valence-corrected chi connectivity index (χ2v) is 8.43. The third-order valence-corrected chi connectivity index (χ3v) is 5.90. The predicted octanol–water partition coefficient (Wildman–Crippen LogP) is 2.22. The Bertz CT molecular complexity index is 957. The summed E-state index contributed by atoms with van der Waals surface area (Å²) in [6.45, 7) is 2.48. The van der Waals surface area contributed by atoms with E-state index < -0.39 is 16.0 Å². The molecule has 8 nitrogen and oxygen atoms in total. The first-order chi connectivity index (χ1) is 12.8. The van der Waals surface area contributed by atoms with Crippen LogP contribution in [0.2, 0.25) is 0 Å². The van der Waals surface area contributed by atoms with Gasteiger partial charge in [0, 0.05) is 24.4 Å². The number of furan rings is 1. The molecule has 0 spiro atoms. The normalized spacial score (nSPS) is 16.4. The molecule has 0 atom stereocenters. The lowest BCUT2D eigenvalue weighted by molar-refractivity contribution is -0.120. The number of carbonyl (C=O) groups is 2. The van der Waals surface area contributed by atoms with Crippen LogP contribution in [0.15, 0.2) is 28.7 Å².